The number of hydrogen-bond donors (Lipinski definition) is 2. The number of aromatic nitrogens is 3. The van der Waals surface area contributed by atoms with E-state index in [1.807, 2.05) is 36.5 Å². The third-order valence-electron chi connectivity index (χ3n) is 2.74. The predicted octanol–water partition coefficient (Wildman–Crippen LogP) is 2.08. The van der Waals surface area contributed by atoms with Crippen LogP contribution in [0.1, 0.15) is 5.69 Å². The molecule has 84 valence electrons. The zero-order chi connectivity index (χ0) is 11.7. The van der Waals surface area contributed by atoms with Crippen LogP contribution >= 0.6 is 0 Å². The van der Waals surface area contributed by atoms with Gasteiger partial charge in [0, 0.05) is 29.9 Å². The zero-order valence-corrected chi connectivity index (χ0v) is 9.22. The quantitative estimate of drug-likeness (QED) is 0.700. The number of H-pyrrole nitrogens is 1. The predicted molar refractivity (Wildman–Crippen MR) is 67.2 cm³/mol. The van der Waals surface area contributed by atoms with Crippen LogP contribution in [0.4, 0.5) is 0 Å². The molecule has 0 fully saturated rings. The molecule has 0 amide bonds. The summed E-state index contributed by atoms with van der Waals surface area (Å²) in [4.78, 5) is 11.9. The fourth-order valence-corrected chi connectivity index (χ4v) is 1.91. The van der Waals surface area contributed by atoms with Crippen LogP contribution in [-0.4, -0.2) is 15.0 Å². The summed E-state index contributed by atoms with van der Waals surface area (Å²) in [5.41, 5.74) is 9.35. The van der Waals surface area contributed by atoms with Gasteiger partial charge in [-0.05, 0) is 24.3 Å². The summed E-state index contributed by atoms with van der Waals surface area (Å²) in [5.74, 6) is 0. The van der Waals surface area contributed by atoms with Gasteiger partial charge in [-0.1, -0.05) is 6.07 Å². The number of rotatable bonds is 2. The number of nitrogens with two attached hydrogens (primary N) is 1. The molecule has 17 heavy (non-hydrogen) atoms. The maximum atomic E-state index is 5.60. The molecule has 0 saturated heterocycles. The van der Waals surface area contributed by atoms with E-state index in [1.165, 1.54) is 0 Å². The molecule has 0 bridgehead atoms. The van der Waals surface area contributed by atoms with Crippen molar-refractivity contribution in [2.24, 2.45) is 5.73 Å². The van der Waals surface area contributed by atoms with E-state index in [4.69, 9.17) is 5.73 Å². The second-order valence-electron chi connectivity index (χ2n) is 3.82. The van der Waals surface area contributed by atoms with Crippen molar-refractivity contribution in [2.45, 2.75) is 6.54 Å². The van der Waals surface area contributed by atoms with Gasteiger partial charge in [0.1, 0.15) is 5.65 Å². The van der Waals surface area contributed by atoms with E-state index in [0.717, 1.165) is 28.0 Å². The van der Waals surface area contributed by atoms with Crippen LogP contribution in [0.2, 0.25) is 0 Å². The van der Waals surface area contributed by atoms with Crippen molar-refractivity contribution >= 4 is 11.0 Å². The van der Waals surface area contributed by atoms with Crippen molar-refractivity contribution < 1.29 is 0 Å². The van der Waals surface area contributed by atoms with Gasteiger partial charge in [0.05, 0.1) is 11.4 Å². The lowest BCUT2D eigenvalue weighted by molar-refractivity contribution is 0.994. The number of pyridine rings is 2. The van der Waals surface area contributed by atoms with Crippen LogP contribution in [0.3, 0.4) is 0 Å². The lowest BCUT2D eigenvalue weighted by atomic mass is 10.1. The first-order chi connectivity index (χ1) is 8.38. The van der Waals surface area contributed by atoms with Crippen LogP contribution < -0.4 is 5.73 Å². The summed E-state index contributed by atoms with van der Waals surface area (Å²) >= 11 is 0. The maximum Gasteiger partial charge on any atom is 0.137 e. The van der Waals surface area contributed by atoms with Gasteiger partial charge in [0.15, 0.2) is 0 Å². The van der Waals surface area contributed by atoms with E-state index >= 15 is 0 Å². The van der Waals surface area contributed by atoms with Gasteiger partial charge in [-0.15, -0.1) is 0 Å². The summed E-state index contributed by atoms with van der Waals surface area (Å²) in [5, 5.41) is 1.08. The molecule has 4 heteroatoms. The van der Waals surface area contributed by atoms with Crippen molar-refractivity contribution in [1.29, 1.82) is 0 Å². The Morgan fingerprint density at radius 1 is 1.18 bits per heavy atom. The number of aromatic amines is 1. The van der Waals surface area contributed by atoms with Crippen LogP contribution in [0.25, 0.3) is 22.3 Å². The van der Waals surface area contributed by atoms with Crippen molar-refractivity contribution in [3.63, 3.8) is 0 Å². The van der Waals surface area contributed by atoms with Crippen molar-refractivity contribution in [2.75, 3.05) is 0 Å². The molecule has 3 rings (SSSR count). The van der Waals surface area contributed by atoms with Gasteiger partial charge in [0.2, 0.25) is 0 Å². The van der Waals surface area contributed by atoms with Gasteiger partial charge in [-0.3, -0.25) is 4.98 Å². The Labute approximate surface area is 98.5 Å². The minimum Gasteiger partial charge on any atom is -0.345 e. The highest BCUT2D eigenvalue weighted by Crippen LogP contribution is 2.25. The zero-order valence-electron chi connectivity index (χ0n) is 9.22. The Balaban J connectivity index is 2.20. The van der Waals surface area contributed by atoms with E-state index in [-0.39, 0.29) is 0 Å². The third kappa shape index (κ3) is 1.68. The highest BCUT2D eigenvalue weighted by Gasteiger charge is 2.07. The molecule has 4 nitrogen and oxygen atoms in total. The minimum absolute atomic E-state index is 0.453. The summed E-state index contributed by atoms with van der Waals surface area (Å²) in [6.07, 6.45) is 3.70. The second kappa shape index (κ2) is 3.99. The number of nitrogens with one attached hydrogen (secondary N) is 1. The monoisotopic (exact) mass is 224 g/mol. The second-order valence-corrected chi connectivity index (χ2v) is 3.82. The minimum atomic E-state index is 0.453. The lowest BCUT2D eigenvalue weighted by Gasteiger charge is -2.01. The molecular formula is C13H12N4. The van der Waals surface area contributed by atoms with Crippen LogP contribution in [-0.2, 0) is 6.54 Å². The summed E-state index contributed by atoms with van der Waals surface area (Å²) in [6.45, 7) is 0.453. The van der Waals surface area contributed by atoms with E-state index in [9.17, 15) is 0 Å². The van der Waals surface area contributed by atoms with Gasteiger partial charge < -0.3 is 10.7 Å². The third-order valence-corrected chi connectivity index (χ3v) is 2.74. The van der Waals surface area contributed by atoms with E-state index in [1.54, 1.807) is 6.20 Å². The van der Waals surface area contributed by atoms with Crippen LogP contribution in [0.15, 0.2) is 42.7 Å². The molecule has 0 atom stereocenters. The molecule has 0 aliphatic rings. The molecule has 3 aromatic rings. The average molecular weight is 224 g/mol. The number of nitrogens with zero attached hydrogens (tertiary/aromatic N) is 2. The van der Waals surface area contributed by atoms with Crippen molar-refractivity contribution in [3.05, 3.63) is 48.4 Å². The Hall–Kier alpha value is -2.20. The molecule has 0 radical (unpaired) electrons. The molecule has 0 unspecified atom stereocenters. The molecule has 0 aliphatic heterocycles. The average Bonchev–Trinajstić information content (AvgIpc) is 2.82. The molecule has 3 aromatic heterocycles. The topological polar surface area (TPSA) is 67.6 Å². The highest BCUT2D eigenvalue weighted by molar-refractivity contribution is 5.92. The molecule has 0 aromatic carbocycles. The lowest BCUT2D eigenvalue weighted by Crippen LogP contribution is -1.99. The molecule has 3 heterocycles. The fraction of sp³-hybridized carbons (Fsp3) is 0.0769. The fourth-order valence-electron chi connectivity index (χ4n) is 1.91. The van der Waals surface area contributed by atoms with Gasteiger partial charge in [0.25, 0.3) is 0 Å². The first kappa shape index (κ1) is 9.99. The maximum absolute atomic E-state index is 5.60. The highest BCUT2D eigenvalue weighted by atomic mass is 14.8. The number of hydrogen-bond acceptors (Lipinski definition) is 3. The standard InChI is InChI=1S/C13H12N4/c14-7-9-3-1-5-12(17-9)11-8-16-13-10(11)4-2-6-15-13/h1-6,8H,7,14H2,(H,15,16). The Morgan fingerprint density at radius 3 is 3.00 bits per heavy atom. The first-order valence-electron chi connectivity index (χ1n) is 5.47. The van der Waals surface area contributed by atoms with E-state index in [0.29, 0.717) is 6.54 Å². The molecule has 0 aliphatic carbocycles. The van der Waals surface area contributed by atoms with Gasteiger partial charge in [-0.25, -0.2) is 4.98 Å². The SMILES string of the molecule is NCc1cccc(-c2c[nH]c3ncccc23)n1. The Kier molecular flexibility index (Phi) is 2.34. The molecule has 0 spiro atoms. The smallest absolute Gasteiger partial charge is 0.137 e. The van der Waals surface area contributed by atoms with Crippen molar-refractivity contribution in [3.8, 4) is 11.3 Å². The van der Waals surface area contributed by atoms with E-state index in [2.05, 4.69) is 15.0 Å². The summed E-state index contributed by atoms with van der Waals surface area (Å²) in [6, 6.07) is 9.84. The normalized spacial score (nSPS) is 10.9. The van der Waals surface area contributed by atoms with Crippen LogP contribution in [0.5, 0.6) is 0 Å². The molecule has 0 saturated carbocycles. The van der Waals surface area contributed by atoms with Gasteiger partial charge in [-0.2, -0.15) is 0 Å². The van der Waals surface area contributed by atoms with Crippen molar-refractivity contribution in [1.82, 2.24) is 15.0 Å². The first-order valence-corrected chi connectivity index (χ1v) is 5.47. The largest absolute Gasteiger partial charge is 0.345 e. The summed E-state index contributed by atoms with van der Waals surface area (Å²) in [7, 11) is 0. The van der Waals surface area contributed by atoms with E-state index < -0.39 is 0 Å². The summed E-state index contributed by atoms with van der Waals surface area (Å²) < 4.78 is 0. The Bertz CT molecular complexity index is 657. The number of fused-ring (bicyclic) bond motifs is 1. The molecular weight excluding hydrogens is 212 g/mol. The Morgan fingerprint density at radius 2 is 2.12 bits per heavy atom. The molecule has 3 N–H and O–H groups in total. The van der Waals surface area contributed by atoms with Crippen LogP contribution in [0, 0.1) is 0 Å². The van der Waals surface area contributed by atoms with Gasteiger partial charge >= 0.3 is 0 Å².